The Morgan fingerprint density at radius 2 is 2.15 bits per heavy atom. The Kier molecular flexibility index (Phi) is 3.14. The van der Waals surface area contributed by atoms with Crippen LogP contribution in [0.3, 0.4) is 0 Å². The average Bonchev–Trinajstić information content (AvgIpc) is 2.90. The predicted molar refractivity (Wildman–Crippen MR) is 75.2 cm³/mol. The predicted octanol–water partition coefficient (Wildman–Crippen LogP) is 1.55. The van der Waals surface area contributed by atoms with Crippen molar-refractivity contribution in [2.75, 3.05) is 0 Å². The summed E-state index contributed by atoms with van der Waals surface area (Å²) in [4.78, 5) is 8.88. The molecule has 0 aliphatic heterocycles. The van der Waals surface area contributed by atoms with Crippen molar-refractivity contribution in [1.29, 1.82) is 0 Å². The van der Waals surface area contributed by atoms with Crippen molar-refractivity contribution in [3.63, 3.8) is 0 Å². The molecular formula is C14H17N5O. The van der Waals surface area contributed by atoms with Gasteiger partial charge in [-0.3, -0.25) is 4.57 Å². The molecule has 2 heterocycles. The minimum atomic E-state index is 0.0730. The lowest BCUT2D eigenvalue weighted by molar-refractivity contribution is 0.318. The fourth-order valence-electron chi connectivity index (χ4n) is 2.74. The van der Waals surface area contributed by atoms with Gasteiger partial charge in [0.1, 0.15) is 12.1 Å². The fraction of sp³-hybridized carbons (Fsp3) is 0.357. The molecule has 1 aliphatic rings. The smallest absolute Gasteiger partial charge is 0.174 e. The number of nitrogens with zero attached hydrogens (tertiary/aromatic N) is 4. The maximum absolute atomic E-state index is 8.98. The number of pyridine rings is 1. The van der Waals surface area contributed by atoms with Gasteiger partial charge in [-0.1, -0.05) is 5.16 Å². The van der Waals surface area contributed by atoms with Gasteiger partial charge in [0, 0.05) is 11.9 Å². The number of amidine groups is 1. The highest BCUT2D eigenvalue weighted by Gasteiger charge is 2.20. The summed E-state index contributed by atoms with van der Waals surface area (Å²) < 4.78 is 1.97. The number of hydrogen-bond acceptors (Lipinski definition) is 4. The summed E-state index contributed by atoms with van der Waals surface area (Å²) in [6.45, 7) is 1.92. The molecule has 2 aromatic heterocycles. The topological polar surface area (TPSA) is 89.3 Å². The molecule has 0 fully saturated rings. The van der Waals surface area contributed by atoms with Crippen LogP contribution in [0, 0.1) is 6.92 Å². The van der Waals surface area contributed by atoms with Gasteiger partial charge in [0.05, 0.1) is 11.3 Å². The van der Waals surface area contributed by atoms with Gasteiger partial charge in [-0.2, -0.15) is 0 Å². The normalized spacial score (nSPS) is 15.2. The van der Waals surface area contributed by atoms with Gasteiger partial charge in [0.2, 0.25) is 0 Å². The summed E-state index contributed by atoms with van der Waals surface area (Å²) in [6, 6.07) is 1.85. The Bertz CT molecular complexity index is 674. The minimum absolute atomic E-state index is 0.0730. The SMILES string of the molecule is Cc1ccnc(-n2cnc3c2CCCC3)c1/C(N)=N/O. The van der Waals surface area contributed by atoms with Gasteiger partial charge < -0.3 is 10.9 Å². The van der Waals surface area contributed by atoms with Gasteiger partial charge in [-0.05, 0) is 44.2 Å². The first-order valence-corrected chi connectivity index (χ1v) is 6.71. The van der Waals surface area contributed by atoms with E-state index in [-0.39, 0.29) is 5.84 Å². The number of aryl methyl sites for hydroxylation is 2. The number of rotatable bonds is 2. The molecule has 0 atom stereocenters. The van der Waals surface area contributed by atoms with Crippen LogP contribution in [0.4, 0.5) is 0 Å². The highest BCUT2D eigenvalue weighted by atomic mass is 16.4. The van der Waals surface area contributed by atoms with Crippen LogP contribution in [0.1, 0.15) is 35.4 Å². The first-order valence-electron chi connectivity index (χ1n) is 6.71. The maximum Gasteiger partial charge on any atom is 0.174 e. The summed E-state index contributed by atoms with van der Waals surface area (Å²) in [6.07, 6.45) is 7.84. The van der Waals surface area contributed by atoms with Crippen LogP contribution in [0.15, 0.2) is 23.7 Å². The highest BCUT2D eigenvalue weighted by molar-refractivity contribution is 6.01. The van der Waals surface area contributed by atoms with Crippen LogP contribution < -0.4 is 5.73 Å². The molecule has 0 bridgehead atoms. The number of aromatic nitrogens is 3. The van der Waals surface area contributed by atoms with E-state index in [2.05, 4.69) is 15.1 Å². The van der Waals surface area contributed by atoms with Crippen molar-refractivity contribution in [2.24, 2.45) is 10.9 Å². The second-order valence-corrected chi connectivity index (χ2v) is 5.03. The second-order valence-electron chi connectivity index (χ2n) is 5.03. The zero-order valence-corrected chi connectivity index (χ0v) is 11.4. The number of imidazole rings is 1. The molecule has 0 spiro atoms. The van der Waals surface area contributed by atoms with E-state index in [1.807, 2.05) is 17.6 Å². The maximum atomic E-state index is 8.98. The third kappa shape index (κ3) is 1.93. The summed E-state index contributed by atoms with van der Waals surface area (Å²) in [7, 11) is 0. The molecule has 20 heavy (non-hydrogen) atoms. The molecule has 0 aromatic carbocycles. The number of hydrogen-bond donors (Lipinski definition) is 2. The van der Waals surface area contributed by atoms with Crippen molar-refractivity contribution >= 4 is 5.84 Å². The second kappa shape index (κ2) is 4.96. The van der Waals surface area contributed by atoms with Crippen LogP contribution in [-0.4, -0.2) is 25.6 Å². The Morgan fingerprint density at radius 3 is 2.95 bits per heavy atom. The Labute approximate surface area is 117 Å². The van der Waals surface area contributed by atoms with E-state index in [1.54, 1.807) is 12.5 Å². The third-order valence-corrected chi connectivity index (χ3v) is 3.76. The summed E-state index contributed by atoms with van der Waals surface area (Å²) in [5.41, 5.74) is 9.69. The Hall–Kier alpha value is -2.37. The molecule has 0 amide bonds. The van der Waals surface area contributed by atoms with Crippen molar-refractivity contribution in [3.8, 4) is 5.82 Å². The molecule has 0 saturated heterocycles. The van der Waals surface area contributed by atoms with E-state index >= 15 is 0 Å². The molecule has 0 saturated carbocycles. The van der Waals surface area contributed by atoms with E-state index in [0.717, 1.165) is 30.5 Å². The van der Waals surface area contributed by atoms with Gasteiger partial charge in [-0.15, -0.1) is 0 Å². The lowest BCUT2D eigenvalue weighted by Crippen LogP contribution is -2.20. The zero-order chi connectivity index (χ0) is 14.1. The van der Waals surface area contributed by atoms with Crippen molar-refractivity contribution in [2.45, 2.75) is 32.6 Å². The van der Waals surface area contributed by atoms with Crippen LogP contribution in [0.2, 0.25) is 0 Å². The van der Waals surface area contributed by atoms with Gasteiger partial charge in [0.15, 0.2) is 5.84 Å². The summed E-state index contributed by atoms with van der Waals surface area (Å²) in [5.74, 6) is 0.750. The molecule has 2 aromatic rings. The number of nitrogens with two attached hydrogens (primary N) is 1. The van der Waals surface area contributed by atoms with E-state index < -0.39 is 0 Å². The van der Waals surface area contributed by atoms with Crippen molar-refractivity contribution < 1.29 is 5.21 Å². The highest BCUT2D eigenvalue weighted by Crippen LogP contribution is 2.24. The van der Waals surface area contributed by atoms with E-state index in [1.165, 1.54) is 12.1 Å². The largest absolute Gasteiger partial charge is 0.409 e. The molecule has 6 heteroatoms. The summed E-state index contributed by atoms with van der Waals surface area (Å²) >= 11 is 0. The monoisotopic (exact) mass is 271 g/mol. The zero-order valence-electron chi connectivity index (χ0n) is 11.4. The van der Waals surface area contributed by atoms with Crippen molar-refractivity contribution in [3.05, 3.63) is 41.1 Å². The van der Waals surface area contributed by atoms with Gasteiger partial charge in [0.25, 0.3) is 0 Å². The quantitative estimate of drug-likeness (QED) is 0.375. The molecule has 104 valence electrons. The Morgan fingerprint density at radius 1 is 1.35 bits per heavy atom. The van der Waals surface area contributed by atoms with E-state index in [9.17, 15) is 0 Å². The van der Waals surface area contributed by atoms with Crippen LogP contribution in [0.25, 0.3) is 5.82 Å². The molecule has 3 rings (SSSR count). The lowest BCUT2D eigenvalue weighted by atomic mass is 10.0. The minimum Gasteiger partial charge on any atom is -0.409 e. The summed E-state index contributed by atoms with van der Waals surface area (Å²) in [5, 5.41) is 12.1. The van der Waals surface area contributed by atoms with Crippen molar-refractivity contribution in [1.82, 2.24) is 14.5 Å². The third-order valence-electron chi connectivity index (χ3n) is 3.76. The number of fused-ring (bicyclic) bond motifs is 1. The molecule has 3 N–H and O–H groups in total. The first kappa shape index (κ1) is 12.7. The van der Waals surface area contributed by atoms with Crippen LogP contribution >= 0.6 is 0 Å². The molecule has 1 aliphatic carbocycles. The average molecular weight is 271 g/mol. The van der Waals surface area contributed by atoms with Gasteiger partial charge in [-0.25, -0.2) is 9.97 Å². The van der Waals surface area contributed by atoms with Gasteiger partial charge >= 0.3 is 0 Å². The standard InChI is InChI=1S/C14H17N5O/c1-9-6-7-16-14(12(9)13(15)18-20)19-8-17-10-4-2-3-5-11(10)19/h6-8,20H,2-5H2,1H3,(H2,15,18). The molecule has 0 unspecified atom stereocenters. The van der Waals surface area contributed by atoms with Crippen LogP contribution in [-0.2, 0) is 12.8 Å². The molecule has 0 radical (unpaired) electrons. The Balaban J connectivity index is 2.20. The first-order chi connectivity index (χ1) is 9.72. The van der Waals surface area contributed by atoms with Crippen LogP contribution in [0.5, 0.6) is 0 Å². The van der Waals surface area contributed by atoms with E-state index in [0.29, 0.717) is 11.4 Å². The lowest BCUT2D eigenvalue weighted by Gasteiger charge is -2.16. The number of oxime groups is 1. The fourth-order valence-corrected chi connectivity index (χ4v) is 2.74. The molecular weight excluding hydrogens is 254 g/mol. The van der Waals surface area contributed by atoms with E-state index in [4.69, 9.17) is 10.9 Å². The molecule has 6 nitrogen and oxygen atoms in total.